The van der Waals surface area contributed by atoms with Gasteiger partial charge < -0.3 is 63.3 Å². The summed E-state index contributed by atoms with van der Waals surface area (Å²) in [6, 6.07) is 55.4. The molecule has 784 valence electrons. The van der Waals surface area contributed by atoms with Crippen LogP contribution in [0.4, 0.5) is 22.7 Å². The van der Waals surface area contributed by atoms with Gasteiger partial charge in [-0.25, -0.2) is 23.8 Å². The van der Waals surface area contributed by atoms with E-state index in [1.807, 2.05) is 147 Å². The van der Waals surface area contributed by atoms with E-state index in [2.05, 4.69) is 95.2 Å². The van der Waals surface area contributed by atoms with Crippen molar-refractivity contribution in [1.82, 2.24) is 20.9 Å². The number of allylic oxidation sites excluding steroid dienone is 5. The molecular weight excluding hydrogens is 1920 g/mol. The van der Waals surface area contributed by atoms with Crippen LogP contribution in [-0.2, 0) is 63.6 Å². The van der Waals surface area contributed by atoms with Crippen LogP contribution in [0.2, 0.25) is 10.0 Å². The van der Waals surface area contributed by atoms with Gasteiger partial charge in [0.05, 0.1) is 93.1 Å². The number of ketones is 2. The lowest BCUT2D eigenvalue weighted by Gasteiger charge is -2.33. The second kappa shape index (κ2) is 62.9. The summed E-state index contributed by atoms with van der Waals surface area (Å²) in [7, 11) is 1.31. The molecule has 3 unspecified atom stereocenters. The Hall–Kier alpha value is -13.8. The molecule has 3 amide bonds. The van der Waals surface area contributed by atoms with Crippen molar-refractivity contribution in [3.8, 4) is 17.2 Å². The van der Waals surface area contributed by atoms with Crippen LogP contribution in [0.15, 0.2) is 256 Å². The maximum absolute atomic E-state index is 13.8. The third-order valence-corrected chi connectivity index (χ3v) is 26.0. The van der Waals surface area contributed by atoms with Gasteiger partial charge in [-0.05, 0) is 279 Å². The van der Waals surface area contributed by atoms with Gasteiger partial charge in [0.1, 0.15) is 30.5 Å². The molecule has 0 saturated carbocycles. The van der Waals surface area contributed by atoms with E-state index in [1.54, 1.807) is 112 Å². The number of hydrogen-bond acceptors (Lipinski definition) is 22. The number of nitrogens with zero attached hydrogens (tertiary/aromatic N) is 6. The standard InChI is InChI=1S/C38H42Cl2N4O4.C33H37N3O3.C24H31NO6.C23H35NO4S/c1-5-8-9-10-15-36(48-35-21-16-25(4)22-30(35)40)38(47)42-32-24-34(45)33(43-37(46)28-13-11-12-14-29(28)39)23-31(32)41-26-17-19-27(20-18-26)44(6-2)7-3;1-6-36(7-2)25-14-15-29(23(4)20-25)35-30-21-28(32(37)27-12-9-8-11-26(27)30)33(38)34-17-10-18-39-31-16-13-22(3)19-24(31)5;1-8-24(5,16-23(3,4)21(27)29-7)22(28)31-14-13-30-20(26)19(25-6)15-18-11-9-17(2)10-12-18;1-4-7-8-9-10-14-20-27-23(25)22(18-15-19-24(5-2)6-3)29(26)28-21-16-12-11-13-17-21/h11-14,16-24,36H,5-10,15H2,1-4H3,(H,42,47)(H,43,46);8-9,11-16,19-21H,6-7,10,17-18H2,1-5H3,(H,34,38);9-12,15H,8,13-14,16H2,1-5,7H3;11-13,15-19H,4-10,14,20H2,1-3H3/b;;19-15-;19-15+,22-18+. The number of halogens is 2. The number of ether oxygens (including phenoxy) is 6. The zero-order valence-electron chi connectivity index (χ0n) is 88.4. The van der Waals surface area contributed by atoms with Crippen LogP contribution in [0, 0.1) is 52.0 Å². The number of carbonyl (C=O) groups is 9. The van der Waals surface area contributed by atoms with E-state index in [4.69, 9.17) is 72.4 Å². The number of benzene rings is 8. The van der Waals surface area contributed by atoms with Gasteiger partial charge in [-0.3, -0.25) is 38.4 Å². The quantitative estimate of drug-likeness (QED) is 0.00466. The number of nitrogens with one attached hydrogen (secondary N) is 3. The number of carbonyl (C=O) groups excluding carboxylic acids is 9. The fourth-order valence-electron chi connectivity index (χ4n) is 15.8. The van der Waals surface area contributed by atoms with Crippen molar-refractivity contribution in [2.45, 2.75) is 214 Å². The summed E-state index contributed by atoms with van der Waals surface area (Å²) in [5.41, 5.74) is 10.4. The van der Waals surface area contributed by atoms with Crippen molar-refractivity contribution in [2.24, 2.45) is 20.8 Å². The first-order valence-corrected chi connectivity index (χ1v) is 52.4. The minimum absolute atomic E-state index is 0.00300. The molecule has 0 heterocycles. The van der Waals surface area contributed by atoms with E-state index >= 15 is 0 Å². The Morgan fingerprint density at radius 2 is 1.14 bits per heavy atom. The zero-order valence-corrected chi connectivity index (χ0v) is 90.7. The third kappa shape index (κ3) is 38.8. The number of fused-ring (bicyclic) bond motifs is 1. The Morgan fingerprint density at radius 1 is 0.537 bits per heavy atom. The van der Waals surface area contributed by atoms with Gasteiger partial charge in [0.25, 0.3) is 23.4 Å². The molecule has 0 fully saturated rings. The van der Waals surface area contributed by atoms with Gasteiger partial charge >= 0.3 is 23.9 Å². The summed E-state index contributed by atoms with van der Waals surface area (Å²) in [6.45, 7) is 47.2. The number of aliphatic imine (C=N–C) groups is 2. The maximum Gasteiger partial charge on any atom is 0.350 e. The predicted molar refractivity (Wildman–Crippen MR) is 590 cm³/mol. The van der Waals surface area contributed by atoms with Gasteiger partial charge in [0.15, 0.2) is 16.8 Å². The van der Waals surface area contributed by atoms with Crippen molar-refractivity contribution in [3.63, 3.8) is 0 Å². The smallest absolute Gasteiger partial charge is 0.350 e. The molecule has 0 radical (unpaired) electrons. The average Bonchev–Trinajstić information content (AvgIpc) is 0.770. The van der Waals surface area contributed by atoms with E-state index in [-0.39, 0.29) is 69.3 Å². The second-order valence-corrected chi connectivity index (χ2v) is 38.1. The molecule has 8 aromatic carbocycles. The average molecular weight is 2060 g/mol. The molecule has 0 spiro atoms. The van der Waals surface area contributed by atoms with Crippen LogP contribution in [-0.4, -0.2) is 159 Å². The molecule has 8 aromatic rings. The number of unbranched alkanes of at least 4 members (excludes halogenated alkanes) is 8. The Balaban J connectivity index is 0.000000271. The molecule has 3 N–H and O–H groups in total. The maximum atomic E-state index is 13.8. The minimum atomic E-state index is -1.95. The Labute approximate surface area is 881 Å². The molecule has 29 heteroatoms. The lowest BCUT2D eigenvalue weighted by Crippen LogP contribution is -2.41. The predicted octanol–water partition coefficient (Wildman–Crippen LogP) is 24.5. The van der Waals surface area contributed by atoms with E-state index in [0.29, 0.717) is 78.1 Å². The monoisotopic (exact) mass is 2060 g/mol. The highest BCUT2D eigenvalue weighted by Gasteiger charge is 2.43. The minimum Gasteiger partial charge on any atom is -0.493 e. The highest BCUT2D eigenvalue weighted by molar-refractivity contribution is 7.85. The number of esters is 4. The van der Waals surface area contributed by atoms with Gasteiger partial charge in [-0.2, -0.15) is 0 Å². The first-order chi connectivity index (χ1) is 70.5. The SMILES string of the molecule is CCCCCCC(Oc1ccc(C)cc1Cl)C(=O)NC1=CC(=O)C(NC(=O)c2ccccc2Cl)=CC1=Nc1ccc(N(CC)CC)cc1.CCCCCCCCOC(=O)/C(=C\C=C\N(CC)CC)S(=O)Oc1ccccc1.CCN(CC)c1ccc(N=C2C=C(C(=O)NCCCOc3ccc(C)cc3C)C(=O)c3ccccc32)c(C)c1.[C-]#[N+]/C(=C\c1ccc(C)cc1)C(=O)OCCOC(=O)C(C)(CC)CC(C)(C)C(=O)OC. The molecule has 10 rings (SSSR count). The number of rotatable bonds is 50. The fraction of sp³-hybridized carbons (Fsp3) is 0.390. The molecule has 0 bridgehead atoms. The van der Waals surface area contributed by atoms with E-state index < -0.39 is 75.4 Å². The Morgan fingerprint density at radius 3 is 1.76 bits per heavy atom. The van der Waals surface area contributed by atoms with Gasteiger partial charge in [-0.15, -0.1) is 0 Å². The van der Waals surface area contributed by atoms with Crippen molar-refractivity contribution < 1.29 is 80.0 Å². The lowest BCUT2D eigenvalue weighted by atomic mass is 9.72. The second-order valence-electron chi connectivity index (χ2n) is 36.2. The molecular formula is C118H145Cl2N9O17S. The van der Waals surface area contributed by atoms with Crippen molar-refractivity contribution in [1.29, 1.82) is 0 Å². The number of aryl methyl sites for hydroxylation is 5. The Kier molecular flexibility index (Phi) is 51.4. The van der Waals surface area contributed by atoms with Crippen LogP contribution in [0.25, 0.3) is 10.9 Å². The molecule has 3 atom stereocenters. The summed E-state index contributed by atoms with van der Waals surface area (Å²) in [5, 5.41) is 9.10. The van der Waals surface area contributed by atoms with Crippen LogP contribution >= 0.6 is 23.2 Å². The van der Waals surface area contributed by atoms with Crippen molar-refractivity contribution >= 4 is 128 Å². The number of hydrogen-bond donors (Lipinski definition) is 3. The van der Waals surface area contributed by atoms with Gasteiger partial charge in [-0.1, -0.05) is 204 Å². The molecule has 0 saturated heterocycles. The van der Waals surface area contributed by atoms with E-state index in [9.17, 15) is 47.4 Å². The van der Waals surface area contributed by atoms with E-state index in [0.717, 1.165) is 135 Å². The molecule has 0 aliphatic heterocycles. The number of para-hydroxylation sites is 1. The summed E-state index contributed by atoms with van der Waals surface area (Å²) in [5.74, 6) is -2.77. The normalized spacial score (nSPS) is 13.6. The largest absolute Gasteiger partial charge is 0.493 e. The summed E-state index contributed by atoms with van der Waals surface area (Å²) < 4.78 is 50.6. The van der Waals surface area contributed by atoms with Crippen LogP contribution in [0.5, 0.6) is 17.2 Å². The molecule has 0 aromatic heterocycles. The first kappa shape index (κ1) is 120. The summed E-state index contributed by atoms with van der Waals surface area (Å²) >= 11 is 10.7. The number of amides is 3. The van der Waals surface area contributed by atoms with Crippen LogP contribution in [0.1, 0.15) is 233 Å². The summed E-state index contributed by atoms with van der Waals surface area (Å²) in [6.07, 6.45) is 22.2. The number of Topliss-reactive ketones (excluding diaryl/α,β-unsaturated/α-hetero) is 1. The van der Waals surface area contributed by atoms with Crippen LogP contribution < -0.4 is 39.4 Å². The van der Waals surface area contributed by atoms with Crippen LogP contribution in [0.3, 0.4) is 0 Å². The Bertz CT molecular complexity index is 6090. The third-order valence-electron chi connectivity index (χ3n) is 24.4. The molecule has 2 aliphatic rings. The van der Waals surface area contributed by atoms with E-state index in [1.165, 1.54) is 56.2 Å². The zero-order chi connectivity index (χ0) is 108. The van der Waals surface area contributed by atoms with Crippen molar-refractivity contribution in [3.05, 3.63) is 318 Å². The van der Waals surface area contributed by atoms with Gasteiger partial charge in [0.2, 0.25) is 16.9 Å². The number of anilines is 2. The molecule has 147 heavy (non-hydrogen) atoms. The fourth-order valence-corrected chi connectivity index (χ4v) is 17.0. The topological polar surface area (TPSA) is 310 Å². The molecule has 2 aliphatic carbocycles. The van der Waals surface area contributed by atoms with Crippen molar-refractivity contribution in [2.75, 3.05) is 89.2 Å². The molecule has 26 nitrogen and oxygen atoms in total. The summed E-state index contributed by atoms with van der Waals surface area (Å²) in [4.78, 5) is 135. The highest BCUT2D eigenvalue weighted by atomic mass is 35.5. The highest BCUT2D eigenvalue weighted by Crippen LogP contribution is 2.39. The van der Waals surface area contributed by atoms with Gasteiger partial charge in [0, 0.05) is 74.4 Å². The first-order valence-electron chi connectivity index (χ1n) is 50.6. The lowest BCUT2D eigenvalue weighted by molar-refractivity contribution is -0.164. The number of methoxy groups -OCH3 is 1.